The van der Waals surface area contributed by atoms with Crippen molar-refractivity contribution in [1.82, 2.24) is 10.2 Å². The first-order valence-corrected chi connectivity index (χ1v) is 7.33. The second-order valence-corrected chi connectivity index (χ2v) is 5.34. The van der Waals surface area contributed by atoms with E-state index in [1.165, 1.54) is 50.9 Å². The minimum Gasteiger partial charge on any atom is -0.311 e. The lowest BCUT2D eigenvalue weighted by molar-refractivity contribution is 0.284. The lowest BCUT2D eigenvalue weighted by Gasteiger charge is -2.19. The summed E-state index contributed by atoms with van der Waals surface area (Å²) in [4.78, 5) is 2.60. The molecule has 0 atom stereocenters. The summed E-state index contributed by atoms with van der Waals surface area (Å²) < 4.78 is 0. The smallest absolute Gasteiger partial charge is 0.0214 e. The Kier molecular flexibility index (Phi) is 5.32. The molecule has 0 unspecified atom stereocenters. The molecule has 0 spiro atoms. The fraction of sp³-hybridized carbons (Fsp3) is 0.692. The molecule has 1 aromatic heterocycles. The molecule has 0 aliphatic carbocycles. The van der Waals surface area contributed by atoms with Gasteiger partial charge in [0.15, 0.2) is 0 Å². The standard InChI is InChI=1S/C13H22N2S/c1-2-4-8-15(7-3-1)9-6-14-11-13-5-10-16-12-13/h5,10,12,14H,1-4,6-9,11H2. The average molecular weight is 238 g/mol. The summed E-state index contributed by atoms with van der Waals surface area (Å²) in [6.07, 6.45) is 5.65. The van der Waals surface area contributed by atoms with E-state index in [0.29, 0.717) is 0 Å². The van der Waals surface area contributed by atoms with Gasteiger partial charge in [0.25, 0.3) is 0 Å². The summed E-state index contributed by atoms with van der Waals surface area (Å²) >= 11 is 1.78. The third-order valence-electron chi connectivity index (χ3n) is 3.21. The van der Waals surface area contributed by atoms with Gasteiger partial charge in [-0.25, -0.2) is 0 Å². The number of likely N-dealkylation sites (tertiary alicyclic amines) is 1. The zero-order valence-electron chi connectivity index (χ0n) is 9.95. The minimum atomic E-state index is 1.03. The van der Waals surface area contributed by atoms with Crippen LogP contribution in [0.1, 0.15) is 31.2 Å². The predicted octanol–water partition coefficient (Wildman–Crippen LogP) is 2.71. The molecule has 1 aliphatic heterocycles. The Hall–Kier alpha value is -0.380. The van der Waals surface area contributed by atoms with E-state index >= 15 is 0 Å². The van der Waals surface area contributed by atoms with Gasteiger partial charge in [-0.15, -0.1) is 0 Å². The molecule has 1 N–H and O–H groups in total. The number of nitrogens with zero attached hydrogens (tertiary/aromatic N) is 1. The van der Waals surface area contributed by atoms with Crippen LogP contribution < -0.4 is 5.32 Å². The molecule has 1 aliphatic rings. The summed E-state index contributed by atoms with van der Waals surface area (Å²) in [7, 11) is 0. The second-order valence-electron chi connectivity index (χ2n) is 4.56. The van der Waals surface area contributed by atoms with Crippen LogP contribution in [-0.2, 0) is 6.54 Å². The third kappa shape index (κ3) is 4.24. The molecule has 0 saturated carbocycles. The normalized spacial score (nSPS) is 18.5. The SMILES string of the molecule is c1cc(CNCCN2CCCCCC2)cs1. The lowest BCUT2D eigenvalue weighted by Crippen LogP contribution is -2.32. The van der Waals surface area contributed by atoms with Gasteiger partial charge < -0.3 is 10.2 Å². The van der Waals surface area contributed by atoms with E-state index < -0.39 is 0 Å². The monoisotopic (exact) mass is 238 g/mol. The molecule has 2 rings (SSSR count). The van der Waals surface area contributed by atoms with Crippen LogP contribution in [0.25, 0.3) is 0 Å². The Morgan fingerprint density at radius 2 is 2.00 bits per heavy atom. The van der Waals surface area contributed by atoms with Crippen LogP contribution >= 0.6 is 11.3 Å². The molecule has 0 aromatic carbocycles. The molecular formula is C13H22N2S. The molecule has 16 heavy (non-hydrogen) atoms. The first-order chi connectivity index (χ1) is 7.95. The van der Waals surface area contributed by atoms with Gasteiger partial charge in [-0.2, -0.15) is 11.3 Å². The average Bonchev–Trinajstić information content (AvgIpc) is 2.68. The molecule has 0 bridgehead atoms. The summed E-state index contributed by atoms with van der Waals surface area (Å²) in [6, 6.07) is 2.20. The van der Waals surface area contributed by atoms with Gasteiger partial charge in [-0.05, 0) is 48.3 Å². The maximum Gasteiger partial charge on any atom is 0.0214 e. The summed E-state index contributed by atoms with van der Waals surface area (Å²) in [5, 5.41) is 7.89. The Labute approximate surface area is 103 Å². The fourth-order valence-corrected chi connectivity index (χ4v) is 2.89. The highest BCUT2D eigenvalue weighted by Crippen LogP contribution is 2.09. The van der Waals surface area contributed by atoms with E-state index in [1.54, 1.807) is 11.3 Å². The van der Waals surface area contributed by atoms with Crippen molar-refractivity contribution in [2.45, 2.75) is 32.2 Å². The zero-order valence-corrected chi connectivity index (χ0v) is 10.8. The number of rotatable bonds is 5. The van der Waals surface area contributed by atoms with E-state index in [1.807, 2.05) is 0 Å². The maximum atomic E-state index is 3.52. The molecule has 3 heteroatoms. The number of hydrogen-bond acceptors (Lipinski definition) is 3. The van der Waals surface area contributed by atoms with E-state index in [9.17, 15) is 0 Å². The Bertz CT molecular complexity index is 263. The lowest BCUT2D eigenvalue weighted by atomic mass is 10.2. The van der Waals surface area contributed by atoms with Crippen LogP contribution in [0.5, 0.6) is 0 Å². The van der Waals surface area contributed by atoms with Crippen LogP contribution in [0.4, 0.5) is 0 Å². The molecule has 0 amide bonds. The van der Waals surface area contributed by atoms with Crippen molar-refractivity contribution in [3.8, 4) is 0 Å². The molecule has 0 radical (unpaired) electrons. The van der Waals surface area contributed by atoms with Gasteiger partial charge in [0, 0.05) is 19.6 Å². The van der Waals surface area contributed by atoms with Gasteiger partial charge in [0.2, 0.25) is 0 Å². The first kappa shape index (κ1) is 12.1. The van der Waals surface area contributed by atoms with Crippen molar-refractivity contribution in [1.29, 1.82) is 0 Å². The topological polar surface area (TPSA) is 15.3 Å². The highest BCUT2D eigenvalue weighted by molar-refractivity contribution is 7.07. The van der Waals surface area contributed by atoms with Gasteiger partial charge in [-0.3, -0.25) is 0 Å². The van der Waals surface area contributed by atoms with Gasteiger partial charge in [0.1, 0.15) is 0 Å². The van der Waals surface area contributed by atoms with Crippen LogP contribution in [0.3, 0.4) is 0 Å². The van der Waals surface area contributed by atoms with Crippen molar-refractivity contribution in [2.75, 3.05) is 26.2 Å². The predicted molar refractivity (Wildman–Crippen MR) is 70.9 cm³/mol. The van der Waals surface area contributed by atoms with Gasteiger partial charge in [-0.1, -0.05) is 12.8 Å². The first-order valence-electron chi connectivity index (χ1n) is 6.39. The minimum absolute atomic E-state index is 1.03. The molecular weight excluding hydrogens is 216 g/mol. The van der Waals surface area contributed by atoms with E-state index in [-0.39, 0.29) is 0 Å². The van der Waals surface area contributed by atoms with Crippen molar-refractivity contribution in [3.05, 3.63) is 22.4 Å². The largest absolute Gasteiger partial charge is 0.311 e. The van der Waals surface area contributed by atoms with E-state index in [4.69, 9.17) is 0 Å². The molecule has 1 aromatic rings. The van der Waals surface area contributed by atoms with Crippen LogP contribution in [0.2, 0.25) is 0 Å². The Morgan fingerprint density at radius 3 is 2.69 bits per heavy atom. The van der Waals surface area contributed by atoms with Crippen LogP contribution in [0, 0.1) is 0 Å². The quantitative estimate of drug-likeness (QED) is 0.794. The number of thiophene rings is 1. The van der Waals surface area contributed by atoms with Crippen molar-refractivity contribution in [2.24, 2.45) is 0 Å². The number of hydrogen-bond donors (Lipinski definition) is 1. The van der Waals surface area contributed by atoms with Crippen molar-refractivity contribution >= 4 is 11.3 Å². The zero-order chi connectivity index (χ0) is 11.1. The van der Waals surface area contributed by atoms with Gasteiger partial charge in [0.05, 0.1) is 0 Å². The Morgan fingerprint density at radius 1 is 1.19 bits per heavy atom. The maximum absolute atomic E-state index is 3.52. The molecule has 1 saturated heterocycles. The van der Waals surface area contributed by atoms with E-state index in [2.05, 4.69) is 27.0 Å². The molecule has 2 nitrogen and oxygen atoms in total. The summed E-state index contributed by atoms with van der Waals surface area (Å²) in [6.45, 7) is 5.97. The van der Waals surface area contributed by atoms with Crippen LogP contribution in [0.15, 0.2) is 16.8 Å². The third-order valence-corrected chi connectivity index (χ3v) is 3.94. The van der Waals surface area contributed by atoms with Crippen LogP contribution in [-0.4, -0.2) is 31.1 Å². The second kappa shape index (κ2) is 7.05. The summed E-state index contributed by atoms with van der Waals surface area (Å²) in [5.41, 5.74) is 1.42. The molecule has 90 valence electrons. The van der Waals surface area contributed by atoms with Crippen molar-refractivity contribution in [3.63, 3.8) is 0 Å². The number of nitrogens with one attached hydrogen (secondary N) is 1. The van der Waals surface area contributed by atoms with Gasteiger partial charge >= 0.3 is 0 Å². The van der Waals surface area contributed by atoms with Crippen molar-refractivity contribution < 1.29 is 0 Å². The highest BCUT2D eigenvalue weighted by Gasteiger charge is 2.07. The molecule has 1 fully saturated rings. The summed E-state index contributed by atoms with van der Waals surface area (Å²) in [5.74, 6) is 0. The molecule has 2 heterocycles. The highest BCUT2D eigenvalue weighted by atomic mass is 32.1. The fourth-order valence-electron chi connectivity index (χ4n) is 2.22. The Balaban J connectivity index is 1.56. The van der Waals surface area contributed by atoms with E-state index in [0.717, 1.165) is 13.1 Å².